The second-order valence-electron chi connectivity index (χ2n) is 8.42. The number of fused-ring (bicyclic) bond motifs is 2. The molecule has 5 rings (SSSR count). The van der Waals surface area contributed by atoms with Crippen LogP contribution in [0.3, 0.4) is 0 Å². The summed E-state index contributed by atoms with van der Waals surface area (Å²) >= 11 is 0. The molecule has 7 heteroatoms. The van der Waals surface area contributed by atoms with E-state index in [1.165, 1.54) is 6.42 Å². The summed E-state index contributed by atoms with van der Waals surface area (Å²) in [5, 5.41) is 9.96. The molecule has 29 heavy (non-hydrogen) atoms. The van der Waals surface area contributed by atoms with E-state index >= 15 is 0 Å². The van der Waals surface area contributed by atoms with Crippen molar-refractivity contribution in [3.05, 3.63) is 47.2 Å². The molecule has 1 atom stereocenters. The Morgan fingerprint density at radius 1 is 1.14 bits per heavy atom. The van der Waals surface area contributed by atoms with Crippen molar-refractivity contribution in [3.63, 3.8) is 0 Å². The van der Waals surface area contributed by atoms with Crippen molar-refractivity contribution >= 4 is 16.9 Å². The number of rotatable bonds is 2. The average molecular weight is 393 g/mol. The van der Waals surface area contributed by atoms with Gasteiger partial charge in [0.15, 0.2) is 5.76 Å². The van der Waals surface area contributed by atoms with Crippen molar-refractivity contribution in [3.8, 4) is 0 Å². The predicted molar refractivity (Wildman–Crippen MR) is 110 cm³/mol. The Balaban J connectivity index is 1.34. The number of benzene rings is 1. The maximum atomic E-state index is 13.1. The average Bonchev–Trinajstić information content (AvgIpc) is 3.25. The van der Waals surface area contributed by atoms with Gasteiger partial charge in [-0.2, -0.15) is 0 Å². The smallest absolute Gasteiger partial charge is 0.289 e. The van der Waals surface area contributed by atoms with E-state index in [9.17, 15) is 4.79 Å². The van der Waals surface area contributed by atoms with Crippen LogP contribution in [0.5, 0.6) is 0 Å². The van der Waals surface area contributed by atoms with Gasteiger partial charge in [0.05, 0.1) is 0 Å². The van der Waals surface area contributed by atoms with Crippen LogP contribution in [0.1, 0.15) is 46.5 Å². The number of likely N-dealkylation sites (tertiary alicyclic amines) is 1. The summed E-state index contributed by atoms with van der Waals surface area (Å²) in [6.07, 6.45) is 3.07. The van der Waals surface area contributed by atoms with Crippen LogP contribution in [-0.2, 0) is 13.0 Å². The molecule has 0 spiro atoms. The highest BCUT2D eigenvalue weighted by atomic mass is 16.3. The van der Waals surface area contributed by atoms with Gasteiger partial charge in [0.2, 0.25) is 0 Å². The molecule has 0 bridgehead atoms. The zero-order valence-corrected chi connectivity index (χ0v) is 17.1. The van der Waals surface area contributed by atoms with Gasteiger partial charge in [-0.25, -0.2) is 0 Å². The third kappa shape index (κ3) is 3.44. The number of carbonyl (C=O) groups is 1. The highest BCUT2D eigenvalue weighted by Crippen LogP contribution is 2.27. The number of aryl methyl sites for hydroxylation is 1. The molecule has 4 heterocycles. The van der Waals surface area contributed by atoms with E-state index in [0.717, 1.165) is 60.7 Å². The van der Waals surface area contributed by atoms with Crippen molar-refractivity contribution in [2.45, 2.75) is 38.6 Å². The van der Waals surface area contributed by atoms with Crippen molar-refractivity contribution in [2.75, 3.05) is 33.2 Å². The molecule has 1 saturated heterocycles. The first-order chi connectivity index (χ1) is 14.1. The number of nitrogens with zero attached hydrogens (tertiary/aromatic N) is 5. The number of carbonyl (C=O) groups excluding carboxylic acids is 1. The molecule has 1 aromatic carbocycles. The Labute approximate surface area is 170 Å². The highest BCUT2D eigenvalue weighted by molar-refractivity contribution is 5.96. The van der Waals surface area contributed by atoms with Gasteiger partial charge in [0.1, 0.15) is 17.2 Å². The van der Waals surface area contributed by atoms with Crippen LogP contribution >= 0.6 is 0 Å². The lowest BCUT2D eigenvalue weighted by molar-refractivity contribution is 0.0729. The maximum absolute atomic E-state index is 13.1. The van der Waals surface area contributed by atoms with E-state index in [0.29, 0.717) is 24.8 Å². The number of likely N-dealkylation sites (N-methyl/N-ethyl adjacent to an activating group) is 1. The van der Waals surface area contributed by atoms with Crippen molar-refractivity contribution in [1.82, 2.24) is 24.6 Å². The summed E-state index contributed by atoms with van der Waals surface area (Å²) < 4.78 is 8.09. The molecule has 3 aromatic rings. The molecule has 1 fully saturated rings. The number of hydrogen-bond acceptors (Lipinski definition) is 5. The summed E-state index contributed by atoms with van der Waals surface area (Å²) in [6, 6.07) is 7.84. The molecule has 1 amide bonds. The normalized spacial score (nSPS) is 20.6. The van der Waals surface area contributed by atoms with Gasteiger partial charge < -0.3 is 18.8 Å². The molecule has 7 nitrogen and oxygen atoms in total. The van der Waals surface area contributed by atoms with Gasteiger partial charge in [0.25, 0.3) is 5.91 Å². The van der Waals surface area contributed by atoms with E-state index in [4.69, 9.17) is 4.42 Å². The lowest BCUT2D eigenvalue weighted by Gasteiger charge is -2.29. The van der Waals surface area contributed by atoms with Gasteiger partial charge in [0, 0.05) is 43.9 Å². The Morgan fingerprint density at radius 3 is 2.90 bits per heavy atom. The van der Waals surface area contributed by atoms with Crippen LogP contribution in [0.2, 0.25) is 0 Å². The van der Waals surface area contributed by atoms with Crippen LogP contribution in [0.25, 0.3) is 11.0 Å². The first-order valence-electron chi connectivity index (χ1n) is 10.5. The molecule has 2 aliphatic rings. The summed E-state index contributed by atoms with van der Waals surface area (Å²) in [6.45, 7) is 6.24. The number of furan rings is 1. The largest absolute Gasteiger partial charge is 0.451 e. The number of hydrogen-bond donors (Lipinski definition) is 0. The summed E-state index contributed by atoms with van der Waals surface area (Å²) in [4.78, 5) is 17.3. The second-order valence-corrected chi connectivity index (χ2v) is 8.42. The minimum atomic E-state index is -0.0449. The summed E-state index contributed by atoms with van der Waals surface area (Å²) in [5.41, 5.74) is 1.92. The van der Waals surface area contributed by atoms with Gasteiger partial charge in [-0.3, -0.25) is 4.79 Å². The fourth-order valence-corrected chi connectivity index (χ4v) is 4.65. The number of aromatic nitrogens is 3. The standard InChI is InChI=1S/C22H27N5O2/c1-15-5-6-18-17(12-15)13-19(29-18)22(28)26-9-7-20-23-24-21(27(20)11-10-26)16-4-3-8-25(2)14-16/h5-6,12-13,16H,3-4,7-11,14H2,1-2H3/t16-/m1/s1. The zero-order valence-electron chi connectivity index (χ0n) is 17.1. The molecule has 152 valence electrons. The second kappa shape index (κ2) is 7.30. The van der Waals surface area contributed by atoms with Crippen LogP contribution in [-0.4, -0.2) is 63.7 Å². The Hall–Kier alpha value is -2.67. The highest BCUT2D eigenvalue weighted by Gasteiger charge is 2.29. The molecule has 0 unspecified atom stereocenters. The fraction of sp³-hybridized carbons (Fsp3) is 0.500. The van der Waals surface area contributed by atoms with E-state index in [-0.39, 0.29) is 5.91 Å². The number of piperidine rings is 1. The van der Waals surface area contributed by atoms with Crippen molar-refractivity contribution in [2.24, 2.45) is 0 Å². The minimum absolute atomic E-state index is 0.0449. The van der Waals surface area contributed by atoms with Crippen LogP contribution in [0.15, 0.2) is 28.7 Å². The van der Waals surface area contributed by atoms with Gasteiger partial charge in [-0.05, 0) is 51.6 Å². The topological polar surface area (TPSA) is 67.4 Å². The van der Waals surface area contributed by atoms with Gasteiger partial charge in [-0.1, -0.05) is 11.6 Å². The van der Waals surface area contributed by atoms with E-state index in [1.54, 1.807) is 0 Å². The molecule has 2 aliphatic heterocycles. The molecular weight excluding hydrogens is 366 g/mol. The predicted octanol–water partition coefficient (Wildman–Crippen LogP) is 2.84. The van der Waals surface area contributed by atoms with Crippen LogP contribution in [0, 0.1) is 6.92 Å². The monoisotopic (exact) mass is 393 g/mol. The minimum Gasteiger partial charge on any atom is -0.451 e. The summed E-state index contributed by atoms with van der Waals surface area (Å²) in [7, 11) is 2.17. The first kappa shape index (κ1) is 18.4. The molecule has 2 aromatic heterocycles. The third-order valence-electron chi connectivity index (χ3n) is 6.21. The quantitative estimate of drug-likeness (QED) is 0.670. The summed E-state index contributed by atoms with van der Waals surface area (Å²) in [5.74, 6) is 2.87. The maximum Gasteiger partial charge on any atom is 0.289 e. The zero-order chi connectivity index (χ0) is 20.0. The molecule has 0 N–H and O–H groups in total. The van der Waals surface area contributed by atoms with E-state index < -0.39 is 0 Å². The number of amides is 1. The van der Waals surface area contributed by atoms with Gasteiger partial charge in [-0.15, -0.1) is 10.2 Å². The molecular formula is C22H27N5O2. The van der Waals surface area contributed by atoms with Crippen LogP contribution < -0.4 is 0 Å². The van der Waals surface area contributed by atoms with Crippen molar-refractivity contribution < 1.29 is 9.21 Å². The third-order valence-corrected chi connectivity index (χ3v) is 6.21. The lowest BCUT2D eigenvalue weighted by atomic mass is 9.97. The fourth-order valence-electron chi connectivity index (χ4n) is 4.65. The SMILES string of the molecule is Cc1ccc2oc(C(=O)N3CCc4nnc([C@@H]5CCCN(C)C5)n4CC3)cc2c1. The van der Waals surface area contributed by atoms with Crippen LogP contribution in [0.4, 0.5) is 0 Å². The first-order valence-corrected chi connectivity index (χ1v) is 10.5. The van der Waals surface area contributed by atoms with E-state index in [1.807, 2.05) is 36.1 Å². The Bertz CT molecular complexity index is 1050. The van der Waals surface area contributed by atoms with E-state index in [2.05, 4.69) is 26.7 Å². The molecule has 0 saturated carbocycles. The molecule has 0 aliphatic carbocycles. The van der Waals surface area contributed by atoms with Gasteiger partial charge >= 0.3 is 0 Å². The Kier molecular flexibility index (Phi) is 4.62. The van der Waals surface area contributed by atoms with Crippen molar-refractivity contribution in [1.29, 1.82) is 0 Å². The molecule has 0 radical (unpaired) electrons. The lowest BCUT2D eigenvalue weighted by Crippen LogP contribution is -2.34. The Morgan fingerprint density at radius 2 is 2.03 bits per heavy atom.